The van der Waals surface area contributed by atoms with Gasteiger partial charge in [-0.2, -0.15) is 0 Å². The summed E-state index contributed by atoms with van der Waals surface area (Å²) in [7, 11) is 1.70. The van der Waals surface area contributed by atoms with E-state index in [-0.39, 0.29) is 53.6 Å². The predicted octanol–water partition coefficient (Wildman–Crippen LogP) is 3.06. The summed E-state index contributed by atoms with van der Waals surface area (Å²) in [5.41, 5.74) is 6.74. The van der Waals surface area contributed by atoms with Gasteiger partial charge in [0.15, 0.2) is 0 Å². The number of carbonyl (C=O) groups excluding carboxylic acids is 1. The monoisotopic (exact) mass is 422 g/mol. The lowest BCUT2D eigenvalue weighted by molar-refractivity contribution is -0.118. The van der Waals surface area contributed by atoms with Gasteiger partial charge >= 0.3 is 6.09 Å². The Hall–Kier alpha value is -1.15. The first-order valence-electron chi connectivity index (χ1n) is 11.5. The zero-order valence-electron chi connectivity index (χ0n) is 18.8. The van der Waals surface area contributed by atoms with Crippen molar-refractivity contribution in [2.75, 3.05) is 13.7 Å². The van der Waals surface area contributed by atoms with Crippen molar-refractivity contribution in [3.8, 4) is 0 Å². The van der Waals surface area contributed by atoms with Gasteiger partial charge < -0.3 is 30.0 Å². The minimum absolute atomic E-state index is 0.0461. The van der Waals surface area contributed by atoms with Gasteiger partial charge in [-0.25, -0.2) is 4.79 Å². The summed E-state index contributed by atoms with van der Waals surface area (Å²) in [6.45, 7) is 7.09. The smallest absolute Gasteiger partial charge is 0.407 e. The highest BCUT2D eigenvalue weighted by Crippen LogP contribution is 2.59. The summed E-state index contributed by atoms with van der Waals surface area (Å²) >= 11 is 0. The van der Waals surface area contributed by atoms with Crippen molar-refractivity contribution in [3.05, 3.63) is 11.6 Å². The molecule has 0 bridgehead atoms. The third-order valence-electron chi connectivity index (χ3n) is 7.59. The number of hydrogen-bond donors (Lipinski definition) is 2. The van der Waals surface area contributed by atoms with Gasteiger partial charge in [0.2, 0.25) is 0 Å². The van der Waals surface area contributed by atoms with Crippen LogP contribution in [0.15, 0.2) is 11.6 Å². The van der Waals surface area contributed by atoms with E-state index in [0.29, 0.717) is 0 Å². The molecule has 6 atom stereocenters. The van der Waals surface area contributed by atoms with Gasteiger partial charge in [-0.05, 0) is 65.7 Å². The normalized spacial score (nSPS) is 45.0. The number of allylic oxidation sites excluding steroid dienone is 1. The summed E-state index contributed by atoms with van der Waals surface area (Å²) < 4.78 is 24.0. The van der Waals surface area contributed by atoms with E-state index in [1.54, 1.807) is 7.11 Å². The van der Waals surface area contributed by atoms with E-state index in [9.17, 15) is 4.79 Å². The van der Waals surface area contributed by atoms with Gasteiger partial charge in [0.25, 0.3) is 0 Å². The summed E-state index contributed by atoms with van der Waals surface area (Å²) in [5, 5.41) is 3.04. The number of alkyl carbamates (subject to hydrolysis) is 1. The molecule has 7 heteroatoms. The fourth-order valence-corrected chi connectivity index (χ4v) is 5.67. The summed E-state index contributed by atoms with van der Waals surface area (Å²) in [5.74, 6) is 0.0461. The van der Waals surface area contributed by atoms with E-state index in [1.807, 2.05) is 0 Å². The lowest BCUT2D eigenvalue weighted by Crippen LogP contribution is -2.56. The highest BCUT2D eigenvalue weighted by atomic mass is 16.6. The molecule has 0 aromatic carbocycles. The average Bonchev–Trinajstić information content (AvgIpc) is 3.61. The average molecular weight is 423 g/mol. The molecule has 4 rings (SSSR count). The zero-order valence-corrected chi connectivity index (χ0v) is 18.8. The molecule has 1 spiro atoms. The molecule has 30 heavy (non-hydrogen) atoms. The molecule has 2 saturated heterocycles. The number of epoxide rings is 2. The van der Waals surface area contributed by atoms with Gasteiger partial charge in [-0.3, -0.25) is 0 Å². The molecule has 6 unspecified atom stereocenters. The highest BCUT2D eigenvalue weighted by Gasteiger charge is 2.72. The lowest BCUT2D eigenvalue weighted by Gasteiger charge is -2.42. The van der Waals surface area contributed by atoms with Crippen LogP contribution >= 0.6 is 0 Å². The molecule has 4 aliphatic rings. The molecule has 170 valence electrons. The fraction of sp³-hybridized carbons (Fsp3) is 0.870. The van der Waals surface area contributed by atoms with E-state index < -0.39 is 0 Å². The standard InChI is InChI=1S/C23H38N2O5/c1-14(2)5-10-18-22(3,30-18)20-19(27-4)17(11-12-23(20)13-28-23)29-21(26)25-16-8-6-15(24)7-9-16/h5,15-20H,6-13,24H2,1-4H3,(H,25,26)/t15-,16-,17?,18?,19?,20?,22?,23?. The second-order valence-corrected chi connectivity index (χ2v) is 10.1. The molecule has 4 fully saturated rings. The summed E-state index contributed by atoms with van der Waals surface area (Å²) in [6.07, 6.45) is 7.68. The Morgan fingerprint density at radius 2 is 1.93 bits per heavy atom. The van der Waals surface area contributed by atoms with Crippen molar-refractivity contribution in [2.24, 2.45) is 11.7 Å². The van der Waals surface area contributed by atoms with Crippen molar-refractivity contribution in [3.63, 3.8) is 0 Å². The van der Waals surface area contributed by atoms with E-state index in [4.69, 9.17) is 24.7 Å². The van der Waals surface area contributed by atoms with E-state index in [2.05, 4.69) is 32.2 Å². The van der Waals surface area contributed by atoms with Crippen LogP contribution in [0.2, 0.25) is 0 Å². The van der Waals surface area contributed by atoms with Crippen LogP contribution in [0.4, 0.5) is 4.79 Å². The van der Waals surface area contributed by atoms with Crippen LogP contribution in [0.25, 0.3) is 0 Å². The van der Waals surface area contributed by atoms with Gasteiger partial charge in [0.1, 0.15) is 23.4 Å². The molecule has 2 aliphatic heterocycles. The summed E-state index contributed by atoms with van der Waals surface area (Å²) in [4.78, 5) is 12.6. The second-order valence-electron chi connectivity index (χ2n) is 10.1. The highest BCUT2D eigenvalue weighted by molar-refractivity contribution is 5.68. The van der Waals surface area contributed by atoms with E-state index in [0.717, 1.165) is 51.6 Å². The number of nitrogens with two attached hydrogens (primary N) is 1. The number of rotatable bonds is 6. The number of ether oxygens (including phenoxy) is 4. The lowest BCUT2D eigenvalue weighted by atomic mass is 9.68. The van der Waals surface area contributed by atoms with Gasteiger partial charge in [0.05, 0.1) is 18.6 Å². The van der Waals surface area contributed by atoms with Gasteiger partial charge in [0, 0.05) is 19.2 Å². The zero-order chi connectivity index (χ0) is 21.5. The first-order chi connectivity index (χ1) is 14.3. The molecular formula is C23H38N2O5. The Morgan fingerprint density at radius 1 is 1.23 bits per heavy atom. The minimum atomic E-state index is -0.350. The molecule has 7 nitrogen and oxygen atoms in total. The Kier molecular flexibility index (Phi) is 6.19. The molecule has 0 aromatic heterocycles. The summed E-state index contributed by atoms with van der Waals surface area (Å²) in [6, 6.07) is 0.401. The number of methoxy groups -OCH3 is 1. The Bertz CT molecular complexity index is 667. The van der Waals surface area contributed by atoms with Crippen molar-refractivity contribution in [1.82, 2.24) is 5.32 Å². The van der Waals surface area contributed by atoms with Gasteiger partial charge in [-0.1, -0.05) is 11.6 Å². The van der Waals surface area contributed by atoms with Crippen molar-refractivity contribution in [2.45, 2.75) is 107 Å². The number of amides is 1. The maximum atomic E-state index is 12.6. The first kappa shape index (κ1) is 22.1. The molecule has 1 amide bonds. The minimum Gasteiger partial charge on any atom is -0.443 e. The number of hydrogen-bond acceptors (Lipinski definition) is 6. The van der Waals surface area contributed by atoms with Gasteiger partial charge in [-0.15, -0.1) is 0 Å². The molecule has 2 saturated carbocycles. The fourth-order valence-electron chi connectivity index (χ4n) is 5.67. The topological polar surface area (TPSA) is 98.6 Å². The van der Waals surface area contributed by atoms with Crippen LogP contribution < -0.4 is 11.1 Å². The van der Waals surface area contributed by atoms with Crippen molar-refractivity contribution >= 4 is 6.09 Å². The van der Waals surface area contributed by atoms with E-state index >= 15 is 0 Å². The first-order valence-corrected chi connectivity index (χ1v) is 11.5. The second kappa shape index (κ2) is 8.41. The molecule has 2 aliphatic carbocycles. The van der Waals surface area contributed by atoms with Crippen LogP contribution in [-0.2, 0) is 18.9 Å². The SMILES string of the molecule is COC1C(OC(=O)N[C@H]2CC[C@H](N)CC2)CCC2(CO2)C1C1(C)OC1CC=C(C)C. The van der Waals surface area contributed by atoms with Crippen LogP contribution in [0.1, 0.15) is 65.7 Å². The van der Waals surface area contributed by atoms with Crippen LogP contribution in [0.3, 0.4) is 0 Å². The molecule has 0 radical (unpaired) electrons. The van der Waals surface area contributed by atoms with Crippen LogP contribution in [0, 0.1) is 5.92 Å². The number of carbonyl (C=O) groups is 1. The van der Waals surface area contributed by atoms with Crippen LogP contribution in [0.5, 0.6) is 0 Å². The molecule has 3 N–H and O–H groups in total. The van der Waals surface area contributed by atoms with E-state index in [1.165, 1.54) is 5.57 Å². The quantitative estimate of drug-likeness (QED) is 0.504. The van der Waals surface area contributed by atoms with Crippen molar-refractivity contribution < 1.29 is 23.7 Å². The maximum absolute atomic E-state index is 12.6. The molecule has 0 aromatic rings. The molecular weight excluding hydrogens is 384 g/mol. The predicted molar refractivity (Wildman–Crippen MR) is 113 cm³/mol. The van der Waals surface area contributed by atoms with Crippen molar-refractivity contribution in [1.29, 1.82) is 0 Å². The van der Waals surface area contributed by atoms with Crippen LogP contribution in [-0.4, -0.2) is 61.4 Å². The largest absolute Gasteiger partial charge is 0.443 e. The number of nitrogens with one attached hydrogen (secondary N) is 1. The third kappa shape index (κ3) is 4.40. The Labute approximate surface area is 180 Å². The third-order valence-corrected chi connectivity index (χ3v) is 7.59. The molecule has 2 heterocycles. The maximum Gasteiger partial charge on any atom is 0.407 e. The Balaban J connectivity index is 1.40. The Morgan fingerprint density at radius 3 is 2.53 bits per heavy atom.